The van der Waals surface area contributed by atoms with E-state index in [2.05, 4.69) is 9.97 Å². The third kappa shape index (κ3) is 3.44. The minimum atomic E-state index is -0.542. The van der Waals surface area contributed by atoms with Gasteiger partial charge in [-0.1, -0.05) is 35.9 Å². The molecule has 0 N–H and O–H groups in total. The summed E-state index contributed by atoms with van der Waals surface area (Å²) in [5, 5.41) is 0.542. The summed E-state index contributed by atoms with van der Waals surface area (Å²) >= 11 is 6.04. The molecule has 0 unspecified atom stereocenters. The van der Waals surface area contributed by atoms with Crippen molar-refractivity contribution in [3.8, 4) is 0 Å². The van der Waals surface area contributed by atoms with Crippen molar-refractivity contribution in [2.45, 2.75) is 13.1 Å². The van der Waals surface area contributed by atoms with Gasteiger partial charge in [-0.25, -0.2) is 19.2 Å². The highest BCUT2D eigenvalue weighted by Crippen LogP contribution is 2.13. The van der Waals surface area contributed by atoms with Gasteiger partial charge in [0.1, 0.15) is 5.82 Å². The second-order valence-electron chi connectivity index (χ2n) is 6.24. The zero-order valence-electron chi connectivity index (χ0n) is 14.5. The molecule has 0 atom stereocenters. The van der Waals surface area contributed by atoms with Crippen molar-refractivity contribution in [3.63, 3.8) is 0 Å². The lowest BCUT2D eigenvalue weighted by molar-refractivity contribution is 0.617. The normalized spacial score (nSPS) is 11.1. The van der Waals surface area contributed by atoms with Gasteiger partial charge in [-0.05, 0) is 35.4 Å². The Kier molecular flexibility index (Phi) is 4.75. The molecular formula is C20H14ClFN4O2. The van der Waals surface area contributed by atoms with Gasteiger partial charge in [-0.2, -0.15) is 0 Å². The molecule has 140 valence electrons. The van der Waals surface area contributed by atoms with E-state index in [1.165, 1.54) is 41.2 Å². The van der Waals surface area contributed by atoms with Crippen molar-refractivity contribution in [2.75, 3.05) is 0 Å². The van der Waals surface area contributed by atoms with Crippen molar-refractivity contribution in [1.82, 2.24) is 19.1 Å². The average Bonchev–Trinajstić information content (AvgIpc) is 2.70. The lowest BCUT2D eigenvalue weighted by Gasteiger charge is -2.13. The first-order valence-corrected chi connectivity index (χ1v) is 8.84. The van der Waals surface area contributed by atoms with Crippen LogP contribution in [-0.2, 0) is 13.1 Å². The molecule has 0 amide bonds. The molecule has 0 saturated carbocycles. The molecule has 4 rings (SSSR count). The van der Waals surface area contributed by atoms with Crippen LogP contribution in [0.5, 0.6) is 0 Å². The smallest absolute Gasteiger partial charge is 0.272 e. The predicted molar refractivity (Wildman–Crippen MR) is 104 cm³/mol. The number of halogens is 2. The van der Waals surface area contributed by atoms with E-state index in [-0.39, 0.29) is 30.1 Å². The van der Waals surface area contributed by atoms with Crippen LogP contribution < -0.4 is 11.2 Å². The monoisotopic (exact) mass is 396 g/mol. The molecule has 2 aromatic carbocycles. The molecule has 0 fully saturated rings. The van der Waals surface area contributed by atoms with Crippen LogP contribution in [0.4, 0.5) is 4.39 Å². The third-order valence-electron chi connectivity index (χ3n) is 4.33. The molecule has 0 bridgehead atoms. The average molecular weight is 397 g/mol. The Morgan fingerprint density at radius 2 is 1.61 bits per heavy atom. The van der Waals surface area contributed by atoms with Crippen LogP contribution in [0.25, 0.3) is 11.2 Å². The van der Waals surface area contributed by atoms with Crippen LogP contribution in [0.15, 0.2) is 70.5 Å². The standard InChI is InChI=1S/C20H14ClFN4O2/c21-15-3-1-2-14(10-15)12-25-18-17(23-8-9-24-18)19(27)26(20(25)28)11-13-4-6-16(22)7-5-13/h1-10H,11-12H2. The molecule has 0 aliphatic rings. The molecule has 6 nitrogen and oxygen atoms in total. The van der Waals surface area contributed by atoms with E-state index in [4.69, 9.17) is 11.6 Å². The van der Waals surface area contributed by atoms with E-state index < -0.39 is 11.2 Å². The highest BCUT2D eigenvalue weighted by atomic mass is 35.5. The summed E-state index contributed by atoms with van der Waals surface area (Å²) < 4.78 is 15.6. The third-order valence-corrected chi connectivity index (χ3v) is 4.56. The Balaban J connectivity index is 1.89. The number of aromatic nitrogens is 4. The van der Waals surface area contributed by atoms with Crippen LogP contribution in [0.2, 0.25) is 5.02 Å². The van der Waals surface area contributed by atoms with Gasteiger partial charge in [0.15, 0.2) is 11.2 Å². The van der Waals surface area contributed by atoms with E-state index in [0.29, 0.717) is 10.6 Å². The largest absolute Gasteiger partial charge is 0.333 e. The summed E-state index contributed by atoms with van der Waals surface area (Å²) in [5.41, 5.74) is 0.632. The molecule has 0 radical (unpaired) electrons. The summed E-state index contributed by atoms with van der Waals surface area (Å²) in [6.07, 6.45) is 2.83. The number of hydrogen-bond donors (Lipinski definition) is 0. The van der Waals surface area contributed by atoms with E-state index in [1.807, 2.05) is 6.07 Å². The van der Waals surface area contributed by atoms with Crippen molar-refractivity contribution < 1.29 is 4.39 Å². The second-order valence-corrected chi connectivity index (χ2v) is 6.68. The first kappa shape index (κ1) is 18.1. The van der Waals surface area contributed by atoms with Crippen molar-refractivity contribution in [3.05, 3.63) is 104 Å². The maximum Gasteiger partial charge on any atom is 0.333 e. The number of fused-ring (bicyclic) bond motifs is 1. The molecular weight excluding hydrogens is 383 g/mol. The van der Waals surface area contributed by atoms with Crippen molar-refractivity contribution in [1.29, 1.82) is 0 Å². The van der Waals surface area contributed by atoms with Crippen LogP contribution in [0.1, 0.15) is 11.1 Å². The lowest BCUT2D eigenvalue weighted by atomic mass is 10.2. The van der Waals surface area contributed by atoms with Gasteiger partial charge in [0.25, 0.3) is 5.56 Å². The highest BCUT2D eigenvalue weighted by Gasteiger charge is 2.16. The van der Waals surface area contributed by atoms with Crippen LogP contribution in [0, 0.1) is 5.82 Å². The van der Waals surface area contributed by atoms with Crippen LogP contribution in [-0.4, -0.2) is 19.1 Å². The Bertz CT molecular complexity index is 1280. The zero-order chi connectivity index (χ0) is 19.7. The summed E-state index contributed by atoms with van der Waals surface area (Å²) in [6, 6.07) is 12.7. The minimum Gasteiger partial charge on any atom is -0.272 e. The van der Waals surface area contributed by atoms with E-state index in [1.54, 1.807) is 18.2 Å². The van der Waals surface area contributed by atoms with Crippen molar-refractivity contribution in [2.24, 2.45) is 0 Å². The number of hydrogen-bond acceptors (Lipinski definition) is 4. The maximum absolute atomic E-state index is 13.2. The van der Waals surface area contributed by atoms with Gasteiger partial charge in [0.05, 0.1) is 13.1 Å². The zero-order valence-corrected chi connectivity index (χ0v) is 15.3. The Labute approximate surface area is 163 Å². The minimum absolute atomic E-state index is 0.00000675. The number of benzene rings is 2. The summed E-state index contributed by atoms with van der Waals surface area (Å²) in [5.74, 6) is -0.390. The quantitative estimate of drug-likeness (QED) is 0.532. The molecule has 4 aromatic rings. The van der Waals surface area contributed by atoms with E-state index in [9.17, 15) is 14.0 Å². The van der Waals surface area contributed by atoms with E-state index in [0.717, 1.165) is 10.1 Å². The lowest BCUT2D eigenvalue weighted by Crippen LogP contribution is -2.41. The van der Waals surface area contributed by atoms with E-state index >= 15 is 0 Å². The molecule has 2 heterocycles. The molecule has 8 heteroatoms. The van der Waals surface area contributed by atoms with Crippen LogP contribution >= 0.6 is 11.6 Å². The molecule has 2 aromatic heterocycles. The first-order valence-electron chi connectivity index (χ1n) is 8.46. The molecule has 0 saturated heterocycles. The maximum atomic E-state index is 13.2. The van der Waals surface area contributed by atoms with Gasteiger partial charge in [-0.15, -0.1) is 0 Å². The van der Waals surface area contributed by atoms with Crippen molar-refractivity contribution >= 4 is 22.8 Å². The predicted octanol–water partition coefficient (Wildman–Crippen LogP) is 2.84. The SMILES string of the molecule is O=c1c2nccnc2n(Cc2cccc(Cl)c2)c(=O)n1Cc1ccc(F)cc1. The Morgan fingerprint density at radius 3 is 2.36 bits per heavy atom. The first-order chi connectivity index (χ1) is 13.5. The van der Waals surface area contributed by atoms with Gasteiger partial charge < -0.3 is 0 Å². The fraction of sp³-hybridized carbons (Fsp3) is 0.100. The topological polar surface area (TPSA) is 69.8 Å². The summed E-state index contributed by atoms with van der Waals surface area (Å²) in [6.45, 7) is 0.179. The highest BCUT2D eigenvalue weighted by molar-refractivity contribution is 6.30. The second kappa shape index (κ2) is 7.36. The summed E-state index contributed by atoms with van der Waals surface area (Å²) in [4.78, 5) is 34.2. The molecule has 28 heavy (non-hydrogen) atoms. The fourth-order valence-electron chi connectivity index (χ4n) is 3.00. The van der Waals surface area contributed by atoms with Gasteiger partial charge in [0.2, 0.25) is 0 Å². The molecule has 0 aliphatic carbocycles. The number of nitrogens with zero attached hydrogens (tertiary/aromatic N) is 4. The summed E-state index contributed by atoms with van der Waals surface area (Å²) in [7, 11) is 0. The Morgan fingerprint density at radius 1 is 0.893 bits per heavy atom. The molecule has 0 aliphatic heterocycles. The number of rotatable bonds is 4. The molecule has 0 spiro atoms. The Hall–Kier alpha value is -3.32. The van der Waals surface area contributed by atoms with Gasteiger partial charge >= 0.3 is 5.69 Å². The van der Waals surface area contributed by atoms with Gasteiger partial charge in [-0.3, -0.25) is 13.9 Å². The fourth-order valence-corrected chi connectivity index (χ4v) is 3.22. The van der Waals surface area contributed by atoms with Crippen LogP contribution in [0.3, 0.4) is 0 Å². The van der Waals surface area contributed by atoms with Gasteiger partial charge in [0, 0.05) is 17.4 Å².